The van der Waals surface area contributed by atoms with Gasteiger partial charge in [-0.2, -0.15) is 4.40 Å². The Kier molecular flexibility index (Phi) is 5.25. The Balaban J connectivity index is 2.83. The lowest BCUT2D eigenvalue weighted by Crippen LogP contribution is -1.97. The average molecular weight is 248 g/mol. The highest BCUT2D eigenvalue weighted by Crippen LogP contribution is 2.25. The molecule has 0 amide bonds. The van der Waals surface area contributed by atoms with E-state index < -0.39 is 0 Å². The van der Waals surface area contributed by atoms with E-state index in [-0.39, 0.29) is 0 Å². The summed E-state index contributed by atoms with van der Waals surface area (Å²) in [6, 6.07) is 1.83. The van der Waals surface area contributed by atoms with E-state index in [1.54, 1.807) is 0 Å². The first-order valence-corrected chi connectivity index (χ1v) is 6.00. The fourth-order valence-corrected chi connectivity index (χ4v) is 2.51. The van der Waals surface area contributed by atoms with Crippen molar-refractivity contribution in [3.63, 3.8) is 0 Å². The summed E-state index contributed by atoms with van der Waals surface area (Å²) >= 11 is 7.96. The highest BCUT2D eigenvalue weighted by Gasteiger charge is 2.09. The van der Waals surface area contributed by atoms with Gasteiger partial charge in [0.25, 0.3) is 0 Å². The highest BCUT2D eigenvalue weighted by atomic mass is 35.5. The molecule has 0 aliphatic heterocycles. The Bertz CT molecular complexity index is 335. The van der Waals surface area contributed by atoms with Crippen molar-refractivity contribution in [3.8, 4) is 0 Å². The normalized spacial score (nSPS) is 11.7. The number of thiophene rings is 1. The Morgan fingerprint density at radius 2 is 2.57 bits per heavy atom. The Morgan fingerprint density at radius 1 is 1.79 bits per heavy atom. The van der Waals surface area contributed by atoms with Crippen molar-refractivity contribution >= 4 is 40.9 Å². The molecule has 5 heteroatoms. The molecule has 1 aromatic rings. The molecule has 1 aromatic heterocycles. The van der Waals surface area contributed by atoms with Gasteiger partial charge in [-0.3, -0.25) is 0 Å². The number of rotatable bonds is 5. The fourth-order valence-electron chi connectivity index (χ4n) is 0.988. The molecule has 1 rings (SSSR count). The number of hydrogen-bond acceptors (Lipinski definition) is 4. The maximum atomic E-state index is 8.69. The third kappa shape index (κ3) is 3.13. The predicted molar refractivity (Wildman–Crippen MR) is 65.5 cm³/mol. The summed E-state index contributed by atoms with van der Waals surface area (Å²) < 4.78 is 12.6. The van der Waals surface area contributed by atoms with E-state index in [9.17, 15) is 0 Å². The van der Waals surface area contributed by atoms with Crippen LogP contribution in [0.3, 0.4) is 0 Å². The minimum absolute atomic E-state index is 0.469. The van der Waals surface area contributed by atoms with E-state index in [2.05, 4.69) is 11.0 Å². The molecule has 0 aromatic carbocycles. The second-order valence-corrected chi connectivity index (χ2v) is 4.21. The summed E-state index contributed by atoms with van der Waals surface area (Å²) in [6.07, 6.45) is 3.39. The molecular formula is C9H10ClNOS2. The highest BCUT2D eigenvalue weighted by molar-refractivity contribution is 7.92. The summed E-state index contributed by atoms with van der Waals surface area (Å²) in [4.78, 5) is 0.926. The number of hydrogen-bond donors (Lipinski definition) is 1. The second kappa shape index (κ2) is 6.24. The van der Waals surface area contributed by atoms with Gasteiger partial charge in [0.05, 0.1) is 15.6 Å². The molecule has 0 aliphatic carbocycles. The summed E-state index contributed by atoms with van der Waals surface area (Å²) in [5.41, 5.74) is 0.817. The van der Waals surface area contributed by atoms with Crippen LogP contribution in [0, 0.1) is 0 Å². The Morgan fingerprint density at radius 3 is 3.07 bits per heavy atom. The summed E-state index contributed by atoms with van der Waals surface area (Å²) in [7, 11) is 0. The smallest absolute Gasteiger partial charge is 0.133 e. The van der Waals surface area contributed by atoms with Crippen LogP contribution in [0.1, 0.15) is 17.7 Å². The molecule has 0 aliphatic rings. The minimum Gasteiger partial charge on any atom is -0.311 e. The summed E-state index contributed by atoms with van der Waals surface area (Å²) in [5, 5.41) is 2.59. The lowest BCUT2D eigenvalue weighted by molar-refractivity contribution is 0.665. The topological polar surface area (TPSA) is 32.6 Å². The van der Waals surface area contributed by atoms with Gasteiger partial charge in [0.2, 0.25) is 0 Å². The van der Waals surface area contributed by atoms with Gasteiger partial charge in [-0.1, -0.05) is 17.7 Å². The molecular weight excluding hydrogens is 238 g/mol. The average Bonchev–Trinajstić information content (AvgIpc) is 2.59. The van der Waals surface area contributed by atoms with E-state index in [1.807, 2.05) is 17.5 Å². The van der Waals surface area contributed by atoms with Crippen LogP contribution in [-0.4, -0.2) is 10.3 Å². The molecule has 1 heterocycles. The molecule has 76 valence electrons. The van der Waals surface area contributed by atoms with Crippen LogP contribution < -0.4 is 0 Å². The Hall–Kier alpha value is -0.290. The standard InChI is InChI=1S/C9H10ClNOS2/c1-2-3-4-8(11-14-12)9-7(10)5-6-13-9/h2,5-6,12H,1,3-4H2/b11-8+. The van der Waals surface area contributed by atoms with Crippen molar-refractivity contribution in [1.82, 2.24) is 0 Å². The third-order valence-electron chi connectivity index (χ3n) is 1.62. The predicted octanol–water partition coefficient (Wildman–Crippen LogP) is 4.28. The molecule has 0 bridgehead atoms. The quantitative estimate of drug-likeness (QED) is 0.365. The van der Waals surface area contributed by atoms with Gasteiger partial charge in [-0.25, -0.2) is 0 Å². The first kappa shape index (κ1) is 11.8. The third-order valence-corrected chi connectivity index (χ3v) is 3.31. The van der Waals surface area contributed by atoms with E-state index >= 15 is 0 Å². The van der Waals surface area contributed by atoms with Crippen LogP contribution in [0.2, 0.25) is 5.02 Å². The monoisotopic (exact) mass is 247 g/mol. The molecule has 0 atom stereocenters. The van der Waals surface area contributed by atoms with Gasteiger partial charge in [0, 0.05) is 0 Å². The first-order valence-electron chi connectivity index (χ1n) is 4.01. The largest absolute Gasteiger partial charge is 0.311 e. The zero-order valence-corrected chi connectivity index (χ0v) is 9.83. The number of halogens is 1. The van der Waals surface area contributed by atoms with Crippen molar-refractivity contribution in [1.29, 1.82) is 0 Å². The van der Waals surface area contributed by atoms with Crippen LogP contribution in [0.5, 0.6) is 0 Å². The van der Waals surface area contributed by atoms with E-state index in [4.69, 9.17) is 16.2 Å². The lowest BCUT2D eigenvalue weighted by Gasteiger charge is -2.01. The zero-order chi connectivity index (χ0) is 10.4. The van der Waals surface area contributed by atoms with Gasteiger partial charge in [0.1, 0.15) is 12.2 Å². The molecule has 2 nitrogen and oxygen atoms in total. The fraction of sp³-hybridized carbons (Fsp3) is 0.222. The summed E-state index contributed by atoms with van der Waals surface area (Å²) in [6.45, 7) is 3.64. The Labute approximate surface area is 96.7 Å². The lowest BCUT2D eigenvalue weighted by atomic mass is 10.2. The van der Waals surface area contributed by atoms with Gasteiger partial charge >= 0.3 is 0 Å². The molecule has 0 saturated heterocycles. The second-order valence-electron chi connectivity index (χ2n) is 2.54. The van der Waals surface area contributed by atoms with Crippen LogP contribution in [0.25, 0.3) is 0 Å². The van der Waals surface area contributed by atoms with Crippen LogP contribution in [0.4, 0.5) is 0 Å². The summed E-state index contributed by atoms with van der Waals surface area (Å²) in [5.74, 6) is 0. The van der Waals surface area contributed by atoms with E-state index in [1.165, 1.54) is 11.3 Å². The molecule has 1 N–H and O–H groups in total. The van der Waals surface area contributed by atoms with Gasteiger partial charge in [0.15, 0.2) is 0 Å². The van der Waals surface area contributed by atoms with Crippen molar-refractivity contribution in [2.45, 2.75) is 12.8 Å². The van der Waals surface area contributed by atoms with Crippen molar-refractivity contribution in [3.05, 3.63) is 34.0 Å². The van der Waals surface area contributed by atoms with E-state index in [0.29, 0.717) is 17.3 Å². The number of nitrogens with zero attached hydrogens (tertiary/aromatic N) is 1. The molecule has 0 radical (unpaired) electrons. The maximum absolute atomic E-state index is 8.69. The van der Waals surface area contributed by atoms with Crippen molar-refractivity contribution in [2.24, 2.45) is 4.40 Å². The number of allylic oxidation sites excluding steroid dienone is 1. The van der Waals surface area contributed by atoms with Crippen molar-refractivity contribution < 1.29 is 4.55 Å². The zero-order valence-electron chi connectivity index (χ0n) is 7.44. The molecule has 14 heavy (non-hydrogen) atoms. The molecule has 0 spiro atoms. The van der Waals surface area contributed by atoms with Gasteiger partial charge in [-0.15, -0.1) is 17.9 Å². The SMILES string of the molecule is C=CCC/C(=N\SO)c1sccc1Cl. The minimum atomic E-state index is 0.469. The van der Waals surface area contributed by atoms with Gasteiger partial charge in [-0.05, 0) is 24.3 Å². The van der Waals surface area contributed by atoms with Crippen LogP contribution in [0.15, 0.2) is 28.5 Å². The van der Waals surface area contributed by atoms with Gasteiger partial charge < -0.3 is 4.55 Å². The van der Waals surface area contributed by atoms with E-state index in [0.717, 1.165) is 23.4 Å². The maximum Gasteiger partial charge on any atom is 0.133 e. The van der Waals surface area contributed by atoms with Crippen LogP contribution >= 0.6 is 35.2 Å². The van der Waals surface area contributed by atoms with Crippen LogP contribution in [-0.2, 0) is 0 Å². The first-order chi connectivity index (χ1) is 6.79. The molecule has 0 saturated carbocycles. The molecule has 0 unspecified atom stereocenters. The van der Waals surface area contributed by atoms with Crippen molar-refractivity contribution in [2.75, 3.05) is 0 Å². The molecule has 0 fully saturated rings.